The fourth-order valence-electron chi connectivity index (χ4n) is 3.58. The van der Waals surface area contributed by atoms with Crippen LogP contribution in [0, 0.1) is 10.9 Å². The van der Waals surface area contributed by atoms with E-state index in [1.807, 2.05) is 34.7 Å². The van der Waals surface area contributed by atoms with Crippen molar-refractivity contribution < 1.29 is 9.53 Å². The lowest BCUT2D eigenvalue weighted by Crippen LogP contribution is -2.51. The predicted molar refractivity (Wildman–Crippen MR) is 118 cm³/mol. The molecule has 10 heteroatoms. The number of nitrogens with zero attached hydrogens (tertiary/aromatic N) is 4. The van der Waals surface area contributed by atoms with Crippen molar-refractivity contribution >= 4 is 51.9 Å². The van der Waals surface area contributed by atoms with Crippen LogP contribution in [0.4, 0.5) is 10.8 Å². The first-order valence-corrected chi connectivity index (χ1v) is 11.3. The normalized spacial score (nSPS) is 20.2. The Bertz CT molecular complexity index is 933. The second-order valence-electron chi connectivity index (χ2n) is 7.30. The first-order valence-electron chi connectivity index (χ1n) is 9.74. The average molecular weight is 454 g/mol. The number of amides is 1. The third-order valence-corrected chi connectivity index (χ3v) is 6.97. The number of aromatic nitrogens is 2. The minimum atomic E-state index is -0.239. The number of nitrogens with one attached hydrogen (secondary N) is 1. The predicted octanol–water partition coefficient (Wildman–Crippen LogP) is 3.66. The van der Waals surface area contributed by atoms with E-state index in [4.69, 9.17) is 28.6 Å². The monoisotopic (exact) mass is 453 g/mol. The molecule has 2 aliphatic heterocycles. The third-order valence-electron chi connectivity index (χ3n) is 5.34. The Morgan fingerprint density at radius 1 is 1.38 bits per heavy atom. The fourth-order valence-corrected chi connectivity index (χ4v) is 4.76. The van der Waals surface area contributed by atoms with Crippen LogP contribution < -0.4 is 5.32 Å². The van der Waals surface area contributed by atoms with Crippen molar-refractivity contribution in [3.05, 3.63) is 32.7 Å². The Balaban J connectivity index is 1.34. The highest BCUT2D eigenvalue weighted by Crippen LogP contribution is 2.27. The molecular formula is C19H24ClN5O2S2. The molecule has 4 rings (SSSR count). The number of carbonyl (C=O) groups is 1. The highest BCUT2D eigenvalue weighted by atomic mass is 35.5. The van der Waals surface area contributed by atoms with Gasteiger partial charge in [-0.3, -0.25) is 9.69 Å². The van der Waals surface area contributed by atoms with Crippen molar-refractivity contribution in [2.45, 2.75) is 32.5 Å². The number of carbonyl (C=O) groups excluding carboxylic acids is 1. The first kappa shape index (κ1) is 20.7. The highest BCUT2D eigenvalue weighted by molar-refractivity contribution is 7.73. The topological polar surface area (TPSA) is 62.6 Å². The van der Waals surface area contributed by atoms with Crippen molar-refractivity contribution in [2.75, 3.05) is 38.1 Å². The van der Waals surface area contributed by atoms with E-state index in [1.54, 1.807) is 0 Å². The molecule has 156 valence electrons. The maximum Gasteiger partial charge on any atom is 0.251 e. The molecule has 2 aromatic rings. The summed E-state index contributed by atoms with van der Waals surface area (Å²) in [4.78, 5) is 16.7. The van der Waals surface area contributed by atoms with Gasteiger partial charge in [0.2, 0.25) is 5.13 Å². The summed E-state index contributed by atoms with van der Waals surface area (Å²) in [5.74, 6) is 0.135. The molecule has 3 heterocycles. The molecule has 0 radical (unpaired) electrons. The minimum Gasteiger partial charge on any atom is -0.368 e. The fraction of sp³-hybridized carbons (Fsp3) is 0.526. The summed E-state index contributed by atoms with van der Waals surface area (Å²) in [6, 6.07) is 5.75. The molecule has 0 aliphatic carbocycles. The van der Waals surface area contributed by atoms with Gasteiger partial charge in [0.15, 0.2) is 3.95 Å². The number of hydrogen-bond acceptors (Lipinski definition) is 7. The second-order valence-corrected chi connectivity index (χ2v) is 9.33. The zero-order chi connectivity index (χ0) is 20.4. The molecule has 0 bridgehead atoms. The number of benzene rings is 1. The summed E-state index contributed by atoms with van der Waals surface area (Å²) in [5.41, 5.74) is 1.91. The number of halogens is 1. The van der Waals surface area contributed by atoms with Gasteiger partial charge in [-0.25, -0.2) is 4.68 Å². The zero-order valence-corrected chi connectivity index (χ0v) is 18.7. The maximum atomic E-state index is 12.5. The quantitative estimate of drug-likeness (QED) is 0.697. The molecule has 2 saturated heterocycles. The standard InChI is InChI=1S/C19H24ClN5O2S2/c1-13-14(20)4-2-5-15(13)21-18-22-25(19(28)29-18)12-23-7-9-24(10-8-23)17(26)16-6-3-11-27-16/h2,4-5,16H,3,6-12H2,1H3,(H,21,22)/t16-/m1/s1. The largest absolute Gasteiger partial charge is 0.368 e. The van der Waals surface area contributed by atoms with Crippen LogP contribution in [-0.2, 0) is 16.2 Å². The van der Waals surface area contributed by atoms with Gasteiger partial charge in [-0.1, -0.05) is 29.0 Å². The summed E-state index contributed by atoms with van der Waals surface area (Å²) in [6.45, 7) is 6.31. The van der Waals surface area contributed by atoms with Crippen molar-refractivity contribution in [3.63, 3.8) is 0 Å². The number of anilines is 2. The lowest BCUT2D eigenvalue weighted by atomic mass is 10.2. The Kier molecular flexibility index (Phi) is 6.50. The van der Waals surface area contributed by atoms with Gasteiger partial charge < -0.3 is 15.0 Å². The van der Waals surface area contributed by atoms with Crippen LogP contribution in [0.1, 0.15) is 18.4 Å². The Morgan fingerprint density at radius 3 is 2.90 bits per heavy atom. The molecular weight excluding hydrogens is 430 g/mol. The Labute approximate surface area is 184 Å². The molecule has 1 N–H and O–H groups in total. The van der Waals surface area contributed by atoms with E-state index >= 15 is 0 Å². The SMILES string of the molecule is Cc1c(Cl)cccc1Nc1nn(CN2CCN(C(=O)[C@H]3CCCO3)CC2)c(=S)s1. The minimum absolute atomic E-state index is 0.135. The Hall–Kier alpha value is -1.52. The van der Waals surface area contributed by atoms with Crippen LogP contribution in [0.2, 0.25) is 5.02 Å². The summed E-state index contributed by atoms with van der Waals surface area (Å²) in [7, 11) is 0. The van der Waals surface area contributed by atoms with Crippen LogP contribution in [0.25, 0.3) is 0 Å². The first-order chi connectivity index (χ1) is 14.0. The molecule has 1 amide bonds. The van der Waals surface area contributed by atoms with Gasteiger partial charge in [-0.2, -0.15) is 0 Å². The number of hydrogen-bond donors (Lipinski definition) is 1. The number of ether oxygens (including phenoxy) is 1. The lowest BCUT2D eigenvalue weighted by Gasteiger charge is -2.35. The smallest absolute Gasteiger partial charge is 0.251 e. The van der Waals surface area contributed by atoms with Crippen molar-refractivity contribution in [2.24, 2.45) is 0 Å². The molecule has 2 aliphatic rings. The van der Waals surface area contributed by atoms with E-state index in [0.29, 0.717) is 35.3 Å². The van der Waals surface area contributed by atoms with Crippen molar-refractivity contribution in [1.29, 1.82) is 0 Å². The highest BCUT2D eigenvalue weighted by Gasteiger charge is 2.30. The van der Waals surface area contributed by atoms with E-state index in [1.165, 1.54) is 11.3 Å². The van der Waals surface area contributed by atoms with Crippen LogP contribution in [0.5, 0.6) is 0 Å². The maximum absolute atomic E-state index is 12.5. The van der Waals surface area contributed by atoms with Gasteiger partial charge in [-0.15, -0.1) is 5.10 Å². The van der Waals surface area contributed by atoms with Gasteiger partial charge in [0.1, 0.15) is 6.10 Å². The average Bonchev–Trinajstić information content (AvgIpc) is 3.36. The molecule has 2 fully saturated rings. The van der Waals surface area contributed by atoms with Gasteiger partial charge in [0.25, 0.3) is 5.91 Å². The van der Waals surface area contributed by atoms with E-state index in [2.05, 4.69) is 15.3 Å². The second kappa shape index (κ2) is 9.09. The van der Waals surface area contributed by atoms with Crippen molar-refractivity contribution in [3.8, 4) is 0 Å². The lowest BCUT2D eigenvalue weighted by molar-refractivity contribution is -0.142. The van der Waals surface area contributed by atoms with E-state index in [0.717, 1.165) is 42.3 Å². The molecule has 29 heavy (non-hydrogen) atoms. The third kappa shape index (κ3) is 4.80. The van der Waals surface area contributed by atoms with Crippen molar-refractivity contribution in [1.82, 2.24) is 19.6 Å². The van der Waals surface area contributed by atoms with E-state index in [-0.39, 0.29) is 12.0 Å². The van der Waals surface area contributed by atoms with Gasteiger partial charge in [-0.05, 0) is 49.7 Å². The molecule has 0 spiro atoms. The van der Waals surface area contributed by atoms with E-state index in [9.17, 15) is 4.79 Å². The summed E-state index contributed by atoms with van der Waals surface area (Å²) < 4.78 is 8.07. The van der Waals surface area contributed by atoms with Crippen LogP contribution >= 0.6 is 35.2 Å². The van der Waals surface area contributed by atoms with E-state index < -0.39 is 0 Å². The molecule has 1 atom stereocenters. The zero-order valence-electron chi connectivity index (χ0n) is 16.3. The summed E-state index contributed by atoms with van der Waals surface area (Å²) in [5, 5.41) is 9.40. The molecule has 1 aromatic carbocycles. The van der Waals surface area contributed by atoms with Gasteiger partial charge in [0.05, 0.1) is 6.67 Å². The van der Waals surface area contributed by atoms with Gasteiger partial charge in [0, 0.05) is 43.5 Å². The van der Waals surface area contributed by atoms with Crippen LogP contribution in [0.3, 0.4) is 0 Å². The summed E-state index contributed by atoms with van der Waals surface area (Å²) in [6.07, 6.45) is 1.58. The van der Waals surface area contributed by atoms with Crippen LogP contribution in [0.15, 0.2) is 18.2 Å². The molecule has 1 aromatic heterocycles. The number of rotatable bonds is 5. The summed E-state index contributed by atoms with van der Waals surface area (Å²) >= 11 is 13.1. The Morgan fingerprint density at radius 2 is 2.17 bits per heavy atom. The molecule has 0 unspecified atom stereocenters. The molecule has 7 nitrogen and oxygen atoms in total. The number of piperazine rings is 1. The van der Waals surface area contributed by atoms with Crippen LogP contribution in [-0.4, -0.2) is 64.4 Å². The molecule has 0 saturated carbocycles. The van der Waals surface area contributed by atoms with Gasteiger partial charge >= 0.3 is 0 Å².